The van der Waals surface area contributed by atoms with Gasteiger partial charge in [-0.15, -0.1) is 11.3 Å². The minimum Gasteiger partial charge on any atom is -0.342 e. The van der Waals surface area contributed by atoms with Crippen molar-refractivity contribution >= 4 is 17.2 Å². The number of piperidine rings is 1. The summed E-state index contributed by atoms with van der Waals surface area (Å²) in [5.74, 6) is 0.948. The molecule has 1 aliphatic heterocycles. The molecule has 1 aliphatic rings. The standard InChI is InChI=1S/C17H29N3OS/c1-5-18-11-13-6-8-20(9-7-13)15(21)10-14-12-22-16(19-14)17(2,3)4/h12-13,18H,5-11H2,1-4H3. The van der Waals surface area contributed by atoms with E-state index in [0.717, 1.165) is 55.6 Å². The van der Waals surface area contributed by atoms with Crippen molar-refractivity contribution in [3.63, 3.8) is 0 Å². The van der Waals surface area contributed by atoms with Gasteiger partial charge in [0.1, 0.15) is 0 Å². The van der Waals surface area contributed by atoms with Crippen LogP contribution in [0.4, 0.5) is 0 Å². The largest absolute Gasteiger partial charge is 0.342 e. The van der Waals surface area contributed by atoms with Crippen LogP contribution < -0.4 is 5.32 Å². The van der Waals surface area contributed by atoms with Crippen LogP contribution in [0.5, 0.6) is 0 Å². The fraction of sp³-hybridized carbons (Fsp3) is 0.765. The van der Waals surface area contributed by atoms with Crippen LogP contribution in [0.15, 0.2) is 5.38 Å². The van der Waals surface area contributed by atoms with Crippen molar-refractivity contribution in [3.05, 3.63) is 16.1 Å². The predicted molar refractivity (Wildman–Crippen MR) is 92.4 cm³/mol. The van der Waals surface area contributed by atoms with Gasteiger partial charge in [-0.1, -0.05) is 27.7 Å². The van der Waals surface area contributed by atoms with Crippen LogP contribution in [0.25, 0.3) is 0 Å². The maximum Gasteiger partial charge on any atom is 0.228 e. The monoisotopic (exact) mass is 323 g/mol. The molecular weight excluding hydrogens is 294 g/mol. The molecule has 0 saturated carbocycles. The molecule has 1 fully saturated rings. The fourth-order valence-corrected chi connectivity index (χ4v) is 3.64. The van der Waals surface area contributed by atoms with Crippen LogP contribution in [0.2, 0.25) is 0 Å². The van der Waals surface area contributed by atoms with Gasteiger partial charge in [-0.25, -0.2) is 4.98 Å². The summed E-state index contributed by atoms with van der Waals surface area (Å²) in [6.07, 6.45) is 2.68. The van der Waals surface area contributed by atoms with Gasteiger partial charge in [-0.2, -0.15) is 0 Å². The zero-order chi connectivity index (χ0) is 16.2. The lowest BCUT2D eigenvalue weighted by Gasteiger charge is -2.32. The minimum atomic E-state index is 0.0661. The first-order chi connectivity index (χ1) is 10.4. The minimum absolute atomic E-state index is 0.0661. The van der Waals surface area contributed by atoms with Crippen molar-refractivity contribution in [2.45, 2.75) is 52.4 Å². The molecule has 1 N–H and O–H groups in total. The molecule has 0 atom stereocenters. The van der Waals surface area contributed by atoms with Gasteiger partial charge in [-0.3, -0.25) is 4.79 Å². The van der Waals surface area contributed by atoms with E-state index in [2.05, 4.69) is 38.0 Å². The van der Waals surface area contributed by atoms with E-state index in [1.165, 1.54) is 0 Å². The molecule has 0 unspecified atom stereocenters. The first-order valence-corrected chi connectivity index (χ1v) is 9.21. The number of nitrogens with zero attached hydrogens (tertiary/aromatic N) is 2. The number of aromatic nitrogens is 1. The van der Waals surface area contributed by atoms with Crippen molar-refractivity contribution in [1.29, 1.82) is 0 Å². The molecule has 0 aliphatic carbocycles. The summed E-state index contributed by atoms with van der Waals surface area (Å²) in [6, 6.07) is 0. The third-order valence-corrected chi connectivity index (χ3v) is 5.49. The highest BCUT2D eigenvalue weighted by atomic mass is 32.1. The van der Waals surface area contributed by atoms with E-state index in [4.69, 9.17) is 0 Å². The number of carbonyl (C=O) groups is 1. The van der Waals surface area contributed by atoms with Crippen molar-refractivity contribution in [3.8, 4) is 0 Å². The molecule has 2 heterocycles. The molecule has 0 spiro atoms. The summed E-state index contributed by atoms with van der Waals surface area (Å²) in [6.45, 7) is 12.5. The van der Waals surface area contributed by atoms with Crippen LogP contribution >= 0.6 is 11.3 Å². The van der Waals surface area contributed by atoms with Gasteiger partial charge in [0.25, 0.3) is 0 Å². The van der Waals surface area contributed by atoms with Gasteiger partial charge in [0, 0.05) is 23.9 Å². The van der Waals surface area contributed by atoms with Crippen LogP contribution in [-0.2, 0) is 16.6 Å². The summed E-state index contributed by atoms with van der Waals surface area (Å²) in [4.78, 5) is 19.1. The summed E-state index contributed by atoms with van der Waals surface area (Å²) < 4.78 is 0. The highest BCUT2D eigenvalue weighted by Gasteiger charge is 2.24. The molecular formula is C17H29N3OS. The Morgan fingerprint density at radius 2 is 2.09 bits per heavy atom. The van der Waals surface area contributed by atoms with Crippen LogP contribution in [0.1, 0.15) is 51.2 Å². The van der Waals surface area contributed by atoms with E-state index in [1.54, 1.807) is 11.3 Å². The zero-order valence-corrected chi connectivity index (χ0v) is 15.1. The smallest absolute Gasteiger partial charge is 0.228 e. The Hall–Kier alpha value is -0.940. The van der Waals surface area contributed by atoms with Gasteiger partial charge >= 0.3 is 0 Å². The molecule has 1 aromatic heterocycles. The van der Waals surface area contributed by atoms with Gasteiger partial charge < -0.3 is 10.2 Å². The third kappa shape index (κ3) is 4.78. The first kappa shape index (κ1) is 17.4. The average molecular weight is 324 g/mol. The number of likely N-dealkylation sites (tertiary alicyclic amines) is 1. The van der Waals surface area contributed by atoms with E-state index in [9.17, 15) is 4.79 Å². The van der Waals surface area contributed by atoms with Crippen LogP contribution in [0.3, 0.4) is 0 Å². The number of carbonyl (C=O) groups excluding carboxylic acids is 1. The zero-order valence-electron chi connectivity index (χ0n) is 14.3. The molecule has 0 radical (unpaired) electrons. The van der Waals surface area contributed by atoms with Gasteiger partial charge in [0.05, 0.1) is 17.1 Å². The Balaban J connectivity index is 1.82. The number of amides is 1. The van der Waals surface area contributed by atoms with Crippen molar-refractivity contribution in [2.24, 2.45) is 5.92 Å². The number of hydrogen-bond acceptors (Lipinski definition) is 4. The highest BCUT2D eigenvalue weighted by molar-refractivity contribution is 7.09. The summed E-state index contributed by atoms with van der Waals surface area (Å²) in [7, 11) is 0. The predicted octanol–water partition coefficient (Wildman–Crippen LogP) is 2.83. The first-order valence-electron chi connectivity index (χ1n) is 8.33. The molecule has 1 amide bonds. The number of nitrogens with one attached hydrogen (secondary N) is 1. The maximum atomic E-state index is 12.4. The molecule has 5 heteroatoms. The van der Waals surface area contributed by atoms with Gasteiger partial charge in [-0.05, 0) is 31.8 Å². The Morgan fingerprint density at radius 3 is 2.64 bits per heavy atom. The van der Waals surface area contributed by atoms with E-state index in [0.29, 0.717) is 6.42 Å². The van der Waals surface area contributed by atoms with E-state index >= 15 is 0 Å². The maximum absolute atomic E-state index is 12.4. The average Bonchev–Trinajstić information content (AvgIpc) is 2.94. The van der Waals surface area contributed by atoms with Crippen molar-refractivity contribution < 1.29 is 4.79 Å². The normalized spacial score (nSPS) is 17.0. The molecule has 2 rings (SSSR count). The molecule has 0 bridgehead atoms. The summed E-state index contributed by atoms with van der Waals surface area (Å²) in [5.41, 5.74) is 0.992. The van der Waals surface area contributed by atoms with Crippen molar-refractivity contribution in [1.82, 2.24) is 15.2 Å². The number of hydrogen-bond donors (Lipinski definition) is 1. The third-order valence-electron chi connectivity index (χ3n) is 4.18. The molecule has 0 aromatic carbocycles. The fourth-order valence-electron chi connectivity index (χ4n) is 2.73. The lowest BCUT2D eigenvalue weighted by atomic mass is 9.96. The Morgan fingerprint density at radius 1 is 1.41 bits per heavy atom. The summed E-state index contributed by atoms with van der Waals surface area (Å²) >= 11 is 1.66. The Labute approximate surface area is 138 Å². The highest BCUT2D eigenvalue weighted by Crippen LogP contribution is 2.26. The second-order valence-electron chi connectivity index (χ2n) is 7.20. The molecule has 4 nitrogen and oxygen atoms in total. The van der Waals surface area contributed by atoms with Crippen LogP contribution in [-0.4, -0.2) is 42.0 Å². The number of rotatable bonds is 5. The van der Waals surface area contributed by atoms with E-state index < -0.39 is 0 Å². The quantitative estimate of drug-likeness (QED) is 0.906. The summed E-state index contributed by atoms with van der Waals surface area (Å²) in [5, 5.41) is 6.56. The topological polar surface area (TPSA) is 45.2 Å². The second-order valence-corrected chi connectivity index (χ2v) is 8.06. The lowest BCUT2D eigenvalue weighted by molar-refractivity contribution is -0.131. The van der Waals surface area contributed by atoms with Gasteiger partial charge in [0.2, 0.25) is 5.91 Å². The molecule has 1 aromatic rings. The van der Waals surface area contributed by atoms with E-state index in [-0.39, 0.29) is 11.3 Å². The van der Waals surface area contributed by atoms with Gasteiger partial charge in [0.15, 0.2) is 0 Å². The van der Waals surface area contributed by atoms with Crippen molar-refractivity contribution in [2.75, 3.05) is 26.2 Å². The number of thiazole rings is 1. The Bertz CT molecular complexity index is 484. The van der Waals surface area contributed by atoms with Crippen LogP contribution in [0, 0.1) is 5.92 Å². The molecule has 124 valence electrons. The second kappa shape index (κ2) is 7.55. The molecule has 1 saturated heterocycles. The van der Waals surface area contributed by atoms with E-state index in [1.807, 2.05) is 10.3 Å². The SMILES string of the molecule is CCNCC1CCN(C(=O)Cc2csc(C(C)(C)C)n2)CC1. The molecule has 22 heavy (non-hydrogen) atoms. The Kier molecular flexibility index (Phi) is 5.98. The lowest BCUT2D eigenvalue weighted by Crippen LogP contribution is -2.41.